The zero-order valence-corrected chi connectivity index (χ0v) is 13.0. The van der Waals surface area contributed by atoms with Crippen LogP contribution in [-0.2, 0) is 11.2 Å². The second kappa shape index (κ2) is 6.71. The van der Waals surface area contributed by atoms with Crippen molar-refractivity contribution in [2.45, 2.75) is 6.42 Å². The highest BCUT2D eigenvalue weighted by atomic mass is 32.1. The molecule has 0 radical (unpaired) electrons. The van der Waals surface area contributed by atoms with E-state index in [1.807, 2.05) is 24.3 Å². The summed E-state index contributed by atoms with van der Waals surface area (Å²) in [5, 5.41) is 5.14. The minimum atomic E-state index is -0.615. The molecule has 5 heteroatoms. The molecule has 0 spiro atoms. The van der Waals surface area contributed by atoms with Crippen molar-refractivity contribution in [3.8, 4) is 0 Å². The number of carbonyl (C=O) groups is 2. The second-order valence-electron chi connectivity index (χ2n) is 5.11. The van der Waals surface area contributed by atoms with Gasteiger partial charge in [-0.1, -0.05) is 30.3 Å². The van der Waals surface area contributed by atoms with Crippen molar-refractivity contribution in [2.75, 3.05) is 6.54 Å². The van der Waals surface area contributed by atoms with E-state index in [1.165, 1.54) is 23.5 Å². The number of thiophene rings is 1. The van der Waals surface area contributed by atoms with Crippen molar-refractivity contribution in [3.63, 3.8) is 0 Å². The third-order valence-electron chi connectivity index (χ3n) is 3.54. The van der Waals surface area contributed by atoms with Gasteiger partial charge in [0, 0.05) is 27.6 Å². The number of carbonyl (C=O) groups excluding carboxylic acids is 2. The molecule has 1 amide bonds. The number of hydrogen-bond acceptors (Lipinski definition) is 3. The Hall–Kier alpha value is -2.53. The number of Topliss-reactive ketones (excluding diaryl/α,β-unsaturated/α-hetero) is 1. The van der Waals surface area contributed by atoms with Crippen molar-refractivity contribution in [2.24, 2.45) is 0 Å². The molecule has 0 saturated carbocycles. The van der Waals surface area contributed by atoms with Crippen LogP contribution in [0.1, 0.15) is 15.9 Å². The van der Waals surface area contributed by atoms with Crippen LogP contribution in [0.3, 0.4) is 0 Å². The predicted octanol–water partition coefficient (Wildman–Crippen LogP) is 3.58. The van der Waals surface area contributed by atoms with E-state index in [4.69, 9.17) is 0 Å². The lowest BCUT2D eigenvalue weighted by molar-refractivity contribution is -0.116. The van der Waals surface area contributed by atoms with Gasteiger partial charge in [0.1, 0.15) is 5.82 Å². The smallest absolute Gasteiger partial charge is 0.292 e. The van der Waals surface area contributed by atoms with E-state index in [-0.39, 0.29) is 5.82 Å². The number of benzene rings is 2. The van der Waals surface area contributed by atoms with Crippen LogP contribution in [0.25, 0.3) is 10.1 Å². The molecule has 0 aliphatic rings. The summed E-state index contributed by atoms with van der Waals surface area (Å²) in [6.45, 7) is 0.332. The fourth-order valence-corrected chi connectivity index (χ4v) is 3.27. The first-order valence-electron chi connectivity index (χ1n) is 7.18. The van der Waals surface area contributed by atoms with Gasteiger partial charge in [0.25, 0.3) is 11.7 Å². The van der Waals surface area contributed by atoms with E-state index in [1.54, 1.807) is 17.5 Å². The minimum absolute atomic E-state index is 0.294. The lowest BCUT2D eigenvalue weighted by Crippen LogP contribution is -2.32. The molecule has 0 saturated heterocycles. The molecule has 3 nitrogen and oxygen atoms in total. The highest BCUT2D eigenvalue weighted by molar-refractivity contribution is 7.17. The summed E-state index contributed by atoms with van der Waals surface area (Å²) in [6, 6.07) is 13.6. The van der Waals surface area contributed by atoms with Gasteiger partial charge in [-0.15, -0.1) is 11.3 Å². The van der Waals surface area contributed by atoms with Gasteiger partial charge >= 0.3 is 0 Å². The second-order valence-corrected chi connectivity index (χ2v) is 6.02. The maximum absolute atomic E-state index is 12.8. The van der Waals surface area contributed by atoms with Gasteiger partial charge in [0.15, 0.2) is 0 Å². The first kappa shape index (κ1) is 15.4. The van der Waals surface area contributed by atoms with Gasteiger partial charge in [0.2, 0.25) is 0 Å². The van der Waals surface area contributed by atoms with Crippen molar-refractivity contribution < 1.29 is 14.0 Å². The molecule has 23 heavy (non-hydrogen) atoms. The molecule has 1 heterocycles. The number of amides is 1. The Bertz CT molecular complexity index is 855. The van der Waals surface area contributed by atoms with E-state index >= 15 is 0 Å². The summed E-state index contributed by atoms with van der Waals surface area (Å²) in [5.41, 5.74) is 1.34. The molecule has 1 aromatic heterocycles. The van der Waals surface area contributed by atoms with Gasteiger partial charge in [-0.3, -0.25) is 9.59 Å². The van der Waals surface area contributed by atoms with E-state index in [0.29, 0.717) is 18.5 Å². The van der Waals surface area contributed by atoms with Crippen LogP contribution in [0.2, 0.25) is 0 Å². The lowest BCUT2D eigenvalue weighted by Gasteiger charge is -2.04. The quantitative estimate of drug-likeness (QED) is 0.575. The average molecular weight is 327 g/mol. The van der Waals surface area contributed by atoms with Crippen LogP contribution in [0.4, 0.5) is 4.39 Å². The Morgan fingerprint density at radius 3 is 2.57 bits per heavy atom. The Labute approximate surface area is 136 Å². The topological polar surface area (TPSA) is 46.2 Å². The molecule has 1 N–H and O–H groups in total. The SMILES string of the molecule is O=C(NCCc1ccc(F)cc1)C(=O)c1csc2ccccc12. The highest BCUT2D eigenvalue weighted by Gasteiger charge is 2.19. The average Bonchev–Trinajstić information content (AvgIpc) is 3.00. The predicted molar refractivity (Wildman–Crippen MR) is 89.3 cm³/mol. The summed E-state index contributed by atoms with van der Waals surface area (Å²) in [6.07, 6.45) is 0.545. The Morgan fingerprint density at radius 1 is 1.04 bits per heavy atom. The van der Waals surface area contributed by atoms with Crippen molar-refractivity contribution in [1.82, 2.24) is 5.32 Å². The number of nitrogens with one attached hydrogen (secondary N) is 1. The van der Waals surface area contributed by atoms with Gasteiger partial charge in [-0.05, 0) is 30.2 Å². The van der Waals surface area contributed by atoms with Crippen molar-refractivity contribution in [1.29, 1.82) is 0 Å². The standard InChI is InChI=1S/C18H14FNO2S/c19-13-7-5-12(6-8-13)9-10-20-18(22)17(21)15-11-23-16-4-2-1-3-14(15)16/h1-8,11H,9-10H2,(H,20,22). The number of ketones is 1. The Kier molecular flexibility index (Phi) is 4.48. The monoisotopic (exact) mass is 327 g/mol. The Balaban J connectivity index is 1.61. The van der Waals surface area contributed by atoms with Gasteiger partial charge in [-0.25, -0.2) is 4.39 Å². The molecule has 2 aromatic carbocycles. The van der Waals surface area contributed by atoms with Gasteiger partial charge in [0.05, 0.1) is 0 Å². The summed E-state index contributed by atoms with van der Waals surface area (Å²) >= 11 is 1.45. The van der Waals surface area contributed by atoms with E-state index in [9.17, 15) is 14.0 Å². The summed E-state index contributed by atoms with van der Waals surface area (Å²) in [7, 11) is 0. The molecule has 0 unspecified atom stereocenters. The van der Waals surface area contributed by atoms with Crippen LogP contribution in [0.15, 0.2) is 53.9 Å². The molecule has 3 rings (SSSR count). The maximum Gasteiger partial charge on any atom is 0.292 e. The van der Waals surface area contributed by atoms with Gasteiger partial charge < -0.3 is 5.32 Å². The Morgan fingerprint density at radius 2 is 1.78 bits per heavy atom. The zero-order chi connectivity index (χ0) is 16.2. The normalized spacial score (nSPS) is 10.7. The minimum Gasteiger partial charge on any atom is -0.349 e. The maximum atomic E-state index is 12.8. The van der Waals surface area contributed by atoms with E-state index in [0.717, 1.165) is 15.6 Å². The van der Waals surface area contributed by atoms with Crippen LogP contribution in [0, 0.1) is 5.82 Å². The van der Waals surface area contributed by atoms with Crippen LogP contribution in [0.5, 0.6) is 0 Å². The molecular formula is C18H14FNO2S. The van der Waals surface area contributed by atoms with E-state index < -0.39 is 11.7 Å². The largest absolute Gasteiger partial charge is 0.349 e. The lowest BCUT2D eigenvalue weighted by atomic mass is 10.1. The molecule has 0 atom stereocenters. The molecule has 3 aromatic rings. The molecule has 0 bridgehead atoms. The van der Waals surface area contributed by atoms with Crippen LogP contribution >= 0.6 is 11.3 Å². The van der Waals surface area contributed by atoms with Gasteiger partial charge in [-0.2, -0.15) is 0 Å². The number of fused-ring (bicyclic) bond motifs is 1. The van der Waals surface area contributed by atoms with Crippen molar-refractivity contribution >= 4 is 33.1 Å². The third kappa shape index (κ3) is 3.46. The number of hydrogen-bond donors (Lipinski definition) is 1. The molecule has 0 aliphatic carbocycles. The molecular weight excluding hydrogens is 313 g/mol. The fourth-order valence-electron chi connectivity index (χ4n) is 2.33. The molecule has 0 aliphatic heterocycles. The zero-order valence-electron chi connectivity index (χ0n) is 12.2. The van der Waals surface area contributed by atoms with E-state index in [2.05, 4.69) is 5.32 Å². The number of rotatable bonds is 5. The van der Waals surface area contributed by atoms with Crippen LogP contribution in [-0.4, -0.2) is 18.2 Å². The summed E-state index contributed by atoms with van der Waals surface area (Å²) in [5.74, 6) is -1.44. The number of halogens is 1. The third-order valence-corrected chi connectivity index (χ3v) is 4.51. The first-order valence-corrected chi connectivity index (χ1v) is 8.06. The fraction of sp³-hybridized carbons (Fsp3) is 0.111. The highest BCUT2D eigenvalue weighted by Crippen LogP contribution is 2.25. The first-order chi connectivity index (χ1) is 11.1. The molecule has 0 fully saturated rings. The summed E-state index contributed by atoms with van der Waals surface area (Å²) in [4.78, 5) is 24.3. The molecule has 116 valence electrons. The van der Waals surface area contributed by atoms with Crippen LogP contribution < -0.4 is 5.32 Å². The van der Waals surface area contributed by atoms with Crippen molar-refractivity contribution in [3.05, 3.63) is 70.9 Å². The summed E-state index contributed by atoms with van der Waals surface area (Å²) < 4.78 is 13.8.